The number of fused-ring (bicyclic) bond motifs is 2. The molecule has 3 aliphatic rings. The minimum absolute atomic E-state index is 0. The molecule has 3 aliphatic heterocycles. The van der Waals surface area contributed by atoms with Gasteiger partial charge < -0.3 is 14.4 Å². The second-order valence-corrected chi connectivity index (χ2v) is 14.8. The number of halogens is 2. The highest BCUT2D eigenvalue weighted by Gasteiger charge is 2.41. The molecule has 0 N–H and O–H groups in total. The monoisotopic (exact) mass is 690 g/mol. The van der Waals surface area contributed by atoms with Crippen LogP contribution in [0.1, 0.15) is 94.9 Å². The van der Waals surface area contributed by atoms with Crippen molar-refractivity contribution in [3.63, 3.8) is 0 Å². The van der Waals surface area contributed by atoms with Gasteiger partial charge in [0.05, 0.1) is 5.56 Å². The van der Waals surface area contributed by atoms with Crippen LogP contribution in [0.5, 0.6) is 11.5 Å². The standard InChI is InChI=1S/C41H51ClN2O3.ClH/c1-5-21-41(4,31-15-17-33(42)18-16-31)32-27-36(46-38(45)14-11-24-43-22-9-10-23-43)39-34-29-44(25-19-30-12-7-6-8-13-30)26-20-35(34)40(2,3)47-37(39)28-32;/h6-8,12-13,15-18,27-28H,5,9-11,14,19-26,29H2,1-4H3;1H. The average Bonchev–Trinajstić information content (AvgIpc) is 3.57. The molecule has 0 amide bonds. The van der Waals surface area contributed by atoms with Gasteiger partial charge in [-0.15, -0.1) is 12.4 Å². The molecule has 258 valence electrons. The number of nitrogens with zero attached hydrogens (tertiary/aromatic N) is 2. The Morgan fingerprint density at radius 3 is 2.40 bits per heavy atom. The first-order valence-electron chi connectivity index (χ1n) is 17.7. The van der Waals surface area contributed by atoms with Crippen LogP contribution < -0.4 is 9.47 Å². The number of rotatable bonds is 12. The van der Waals surface area contributed by atoms with Crippen LogP contribution in [-0.4, -0.2) is 60.6 Å². The molecule has 0 spiro atoms. The molecule has 0 bridgehead atoms. The third-order valence-electron chi connectivity index (χ3n) is 10.6. The van der Waals surface area contributed by atoms with Crippen LogP contribution in [0.15, 0.2) is 72.3 Å². The molecule has 0 aliphatic carbocycles. The Hall–Kier alpha value is -2.83. The van der Waals surface area contributed by atoms with Crippen LogP contribution in [0.3, 0.4) is 0 Å². The summed E-state index contributed by atoms with van der Waals surface area (Å²) in [6, 6.07) is 23.3. The van der Waals surface area contributed by atoms with Crippen LogP contribution in [0.25, 0.3) is 5.57 Å². The molecule has 48 heavy (non-hydrogen) atoms. The van der Waals surface area contributed by atoms with Crippen LogP contribution in [0, 0.1) is 0 Å². The van der Waals surface area contributed by atoms with Crippen LogP contribution in [0.2, 0.25) is 5.02 Å². The summed E-state index contributed by atoms with van der Waals surface area (Å²) in [7, 11) is 0. The molecule has 1 fully saturated rings. The van der Waals surface area contributed by atoms with Crippen molar-refractivity contribution in [1.82, 2.24) is 9.80 Å². The van der Waals surface area contributed by atoms with E-state index in [1.165, 1.54) is 35.1 Å². The molecule has 1 saturated heterocycles. The molecule has 3 aromatic rings. The first kappa shape index (κ1) is 36.5. The van der Waals surface area contributed by atoms with Gasteiger partial charge in [-0.1, -0.05) is 74.3 Å². The van der Waals surface area contributed by atoms with E-state index in [0.717, 1.165) is 93.3 Å². The number of carbonyl (C=O) groups is 1. The largest absolute Gasteiger partial charge is 0.483 e. The van der Waals surface area contributed by atoms with Gasteiger partial charge in [0, 0.05) is 36.5 Å². The fourth-order valence-corrected chi connectivity index (χ4v) is 8.07. The van der Waals surface area contributed by atoms with Gasteiger partial charge in [0.15, 0.2) is 0 Å². The number of carbonyl (C=O) groups excluding carboxylic acids is 1. The van der Waals surface area contributed by atoms with Crippen molar-refractivity contribution in [2.45, 2.75) is 90.1 Å². The fourth-order valence-electron chi connectivity index (χ4n) is 7.94. The van der Waals surface area contributed by atoms with E-state index in [-0.39, 0.29) is 23.8 Å². The maximum atomic E-state index is 13.6. The zero-order valence-corrected chi connectivity index (χ0v) is 30.7. The number of esters is 1. The molecular formula is C41H52Cl2N2O3. The van der Waals surface area contributed by atoms with Crippen LogP contribution in [-0.2, 0) is 16.6 Å². The number of benzene rings is 3. The van der Waals surface area contributed by atoms with E-state index < -0.39 is 5.60 Å². The summed E-state index contributed by atoms with van der Waals surface area (Å²) >= 11 is 6.32. The molecule has 6 rings (SSSR count). The highest BCUT2D eigenvalue weighted by atomic mass is 35.5. The van der Waals surface area contributed by atoms with Crippen molar-refractivity contribution in [2.75, 3.05) is 39.3 Å². The van der Waals surface area contributed by atoms with Gasteiger partial charge >= 0.3 is 5.97 Å². The second-order valence-electron chi connectivity index (χ2n) is 14.4. The molecule has 5 nitrogen and oxygen atoms in total. The van der Waals surface area contributed by atoms with Crippen molar-refractivity contribution in [3.05, 3.63) is 99.6 Å². The van der Waals surface area contributed by atoms with Crippen LogP contribution in [0.4, 0.5) is 0 Å². The number of likely N-dealkylation sites (tertiary alicyclic amines) is 1. The average molecular weight is 692 g/mol. The summed E-state index contributed by atoms with van der Waals surface area (Å²) in [5, 5.41) is 0.722. The summed E-state index contributed by atoms with van der Waals surface area (Å²) in [5.74, 6) is 1.27. The Balaban J connectivity index is 0.00000451. The lowest BCUT2D eigenvalue weighted by Gasteiger charge is -2.43. The molecule has 3 heterocycles. The molecule has 0 aromatic heterocycles. The molecule has 7 heteroatoms. The zero-order chi connectivity index (χ0) is 33.0. The van der Waals surface area contributed by atoms with Gasteiger partial charge in [-0.25, -0.2) is 0 Å². The van der Waals surface area contributed by atoms with Crippen molar-refractivity contribution < 1.29 is 14.3 Å². The maximum absolute atomic E-state index is 13.6. The van der Waals surface area contributed by atoms with Crippen molar-refractivity contribution in [3.8, 4) is 11.5 Å². The lowest BCUT2D eigenvalue weighted by atomic mass is 9.72. The van der Waals surface area contributed by atoms with E-state index in [9.17, 15) is 4.79 Å². The predicted molar refractivity (Wildman–Crippen MR) is 200 cm³/mol. The summed E-state index contributed by atoms with van der Waals surface area (Å²) in [5.41, 5.74) is 6.39. The minimum Gasteiger partial charge on any atom is -0.483 e. The normalized spacial score (nSPS) is 18.7. The number of hydrogen-bond donors (Lipinski definition) is 0. The van der Waals surface area contributed by atoms with Gasteiger partial charge in [-0.3, -0.25) is 9.69 Å². The maximum Gasteiger partial charge on any atom is 0.311 e. The number of hydrogen-bond acceptors (Lipinski definition) is 5. The van der Waals surface area contributed by atoms with E-state index in [0.29, 0.717) is 12.2 Å². The summed E-state index contributed by atoms with van der Waals surface area (Å²) in [6.07, 6.45) is 7.59. The van der Waals surface area contributed by atoms with E-state index in [4.69, 9.17) is 21.1 Å². The third kappa shape index (κ3) is 8.13. The quantitative estimate of drug-likeness (QED) is 0.140. The predicted octanol–water partition coefficient (Wildman–Crippen LogP) is 9.52. The fraction of sp³-hybridized carbons (Fsp3) is 0.488. The molecular weight excluding hydrogens is 639 g/mol. The first-order chi connectivity index (χ1) is 22.7. The Labute approximate surface area is 299 Å². The van der Waals surface area contributed by atoms with Gasteiger partial charge in [-0.2, -0.15) is 0 Å². The molecule has 1 unspecified atom stereocenters. The van der Waals surface area contributed by atoms with Crippen LogP contribution >= 0.6 is 24.0 Å². The summed E-state index contributed by atoms with van der Waals surface area (Å²) < 4.78 is 13.3. The smallest absolute Gasteiger partial charge is 0.311 e. The summed E-state index contributed by atoms with van der Waals surface area (Å²) in [6.45, 7) is 14.9. The lowest BCUT2D eigenvalue weighted by molar-refractivity contribution is -0.134. The molecule has 0 saturated carbocycles. The lowest BCUT2D eigenvalue weighted by Crippen LogP contribution is -2.43. The van der Waals surface area contributed by atoms with Gasteiger partial charge in [-0.05, 0) is 124 Å². The Kier molecular flexibility index (Phi) is 12.0. The van der Waals surface area contributed by atoms with Gasteiger partial charge in [0.2, 0.25) is 0 Å². The SMILES string of the molecule is CCCC(C)(c1ccc(Cl)cc1)c1cc(OC(=O)CCCN2CCCC2)c2c(c1)OC(C)(C)C1=C2CN(CCc2ccccc2)CC1.Cl. The van der Waals surface area contributed by atoms with Gasteiger partial charge in [0.1, 0.15) is 17.1 Å². The Bertz CT molecular complexity index is 1580. The second kappa shape index (κ2) is 15.8. The number of ether oxygens (including phenoxy) is 2. The Morgan fingerprint density at radius 2 is 1.69 bits per heavy atom. The van der Waals surface area contributed by atoms with Gasteiger partial charge in [0.25, 0.3) is 0 Å². The summed E-state index contributed by atoms with van der Waals surface area (Å²) in [4.78, 5) is 18.6. The molecule has 3 aromatic carbocycles. The third-order valence-corrected chi connectivity index (χ3v) is 10.8. The van der Waals surface area contributed by atoms with E-state index in [2.05, 4.69) is 92.1 Å². The van der Waals surface area contributed by atoms with E-state index in [1.54, 1.807) is 0 Å². The van der Waals surface area contributed by atoms with Crippen molar-refractivity contribution in [2.24, 2.45) is 0 Å². The van der Waals surface area contributed by atoms with E-state index >= 15 is 0 Å². The first-order valence-corrected chi connectivity index (χ1v) is 18.1. The minimum atomic E-state index is -0.453. The molecule has 1 atom stereocenters. The Morgan fingerprint density at radius 1 is 0.958 bits per heavy atom. The van der Waals surface area contributed by atoms with Crippen molar-refractivity contribution >= 4 is 35.6 Å². The highest BCUT2D eigenvalue weighted by molar-refractivity contribution is 6.30. The highest BCUT2D eigenvalue weighted by Crippen LogP contribution is 2.51. The topological polar surface area (TPSA) is 42.0 Å². The van der Waals surface area contributed by atoms with Crippen molar-refractivity contribution in [1.29, 1.82) is 0 Å². The molecule has 0 radical (unpaired) electrons. The van der Waals surface area contributed by atoms with E-state index in [1.807, 2.05) is 12.1 Å². The zero-order valence-electron chi connectivity index (χ0n) is 29.2.